The van der Waals surface area contributed by atoms with Crippen molar-refractivity contribution < 1.29 is 9.90 Å². The molecule has 0 atom stereocenters. The highest BCUT2D eigenvalue weighted by Crippen LogP contribution is 2.17. The number of aromatic carboxylic acids is 1. The average molecular weight is 198 g/mol. The summed E-state index contributed by atoms with van der Waals surface area (Å²) in [4.78, 5) is 14.5. The molecule has 0 spiro atoms. The van der Waals surface area contributed by atoms with Crippen LogP contribution in [-0.2, 0) is 0 Å². The zero-order valence-corrected chi connectivity index (χ0v) is 7.64. The summed E-state index contributed by atoms with van der Waals surface area (Å²) in [6, 6.07) is 10.4. The third-order valence-electron chi connectivity index (χ3n) is 2.07. The number of benzene rings is 1. The molecule has 0 bridgehead atoms. The predicted molar refractivity (Wildman–Crippen MR) is 53.4 cm³/mol. The zero-order chi connectivity index (χ0) is 10.8. The van der Waals surface area contributed by atoms with Crippen LogP contribution in [0.5, 0.6) is 0 Å². The number of nitrogens with zero attached hydrogens (tertiary/aromatic N) is 2. The monoisotopic (exact) mass is 198 g/mol. The fourth-order valence-corrected chi connectivity index (χ4v) is 1.39. The number of fused-ring (bicyclic) bond motifs is 1. The Morgan fingerprint density at radius 3 is 2.80 bits per heavy atom. The molecule has 1 aromatic carbocycles. The molecular formula is C11H6N2O2. The van der Waals surface area contributed by atoms with Gasteiger partial charge in [0, 0.05) is 5.39 Å². The lowest BCUT2D eigenvalue weighted by atomic mass is 10.1. The van der Waals surface area contributed by atoms with Crippen LogP contribution in [0, 0.1) is 11.3 Å². The Hall–Kier alpha value is -2.41. The van der Waals surface area contributed by atoms with Crippen LogP contribution in [0.3, 0.4) is 0 Å². The smallest absolute Gasteiger partial charge is 0.354 e. The number of hydrogen-bond acceptors (Lipinski definition) is 3. The van der Waals surface area contributed by atoms with Gasteiger partial charge in [-0.2, -0.15) is 5.26 Å². The first-order valence-corrected chi connectivity index (χ1v) is 4.25. The Kier molecular flexibility index (Phi) is 2.07. The first-order valence-electron chi connectivity index (χ1n) is 4.25. The van der Waals surface area contributed by atoms with Crippen LogP contribution in [0.4, 0.5) is 0 Å². The maximum absolute atomic E-state index is 10.7. The summed E-state index contributed by atoms with van der Waals surface area (Å²) in [6.07, 6.45) is 0. The van der Waals surface area contributed by atoms with Crippen molar-refractivity contribution in [3.05, 3.63) is 41.7 Å². The van der Waals surface area contributed by atoms with Gasteiger partial charge in [0.05, 0.1) is 0 Å². The van der Waals surface area contributed by atoms with Gasteiger partial charge in [0.2, 0.25) is 0 Å². The van der Waals surface area contributed by atoms with Crippen molar-refractivity contribution in [3.8, 4) is 6.07 Å². The lowest BCUT2D eigenvalue weighted by Gasteiger charge is -2.00. The Morgan fingerprint density at radius 1 is 1.40 bits per heavy atom. The first-order chi connectivity index (χ1) is 7.22. The van der Waals surface area contributed by atoms with Gasteiger partial charge in [0.1, 0.15) is 17.5 Å². The molecule has 1 N–H and O–H groups in total. The Labute approximate surface area is 85.4 Å². The van der Waals surface area contributed by atoms with E-state index in [9.17, 15) is 4.79 Å². The van der Waals surface area contributed by atoms with Crippen LogP contribution >= 0.6 is 0 Å². The molecule has 0 unspecified atom stereocenters. The number of hydrogen-bond donors (Lipinski definition) is 1. The molecule has 0 aliphatic carbocycles. The molecule has 0 radical (unpaired) electrons. The lowest BCUT2D eigenvalue weighted by molar-refractivity contribution is 0.0690. The van der Waals surface area contributed by atoms with Gasteiger partial charge >= 0.3 is 5.97 Å². The van der Waals surface area contributed by atoms with Crippen molar-refractivity contribution >= 4 is 16.7 Å². The normalized spacial score (nSPS) is 9.80. The van der Waals surface area contributed by atoms with Gasteiger partial charge in [0.15, 0.2) is 0 Å². The zero-order valence-electron chi connectivity index (χ0n) is 7.64. The van der Waals surface area contributed by atoms with E-state index in [4.69, 9.17) is 10.4 Å². The van der Waals surface area contributed by atoms with E-state index in [0.29, 0.717) is 10.8 Å². The van der Waals surface area contributed by atoms with Crippen LogP contribution in [-0.4, -0.2) is 16.1 Å². The minimum atomic E-state index is -1.13. The molecular weight excluding hydrogens is 192 g/mol. The van der Waals surface area contributed by atoms with Gasteiger partial charge in [0.25, 0.3) is 0 Å². The van der Waals surface area contributed by atoms with Crippen LogP contribution in [0.1, 0.15) is 16.2 Å². The SMILES string of the molecule is N#Cc1nc(C(=O)O)cc2ccccc12. The molecule has 0 fully saturated rings. The van der Waals surface area contributed by atoms with Crippen LogP contribution in [0.15, 0.2) is 30.3 Å². The standard InChI is InChI=1S/C11H6N2O2/c12-6-10-8-4-2-1-3-7(8)5-9(13-10)11(14)15/h1-5H,(H,14,15). The van der Waals surface area contributed by atoms with Crippen molar-refractivity contribution in [1.82, 2.24) is 4.98 Å². The minimum Gasteiger partial charge on any atom is -0.477 e. The highest BCUT2D eigenvalue weighted by Gasteiger charge is 2.09. The summed E-state index contributed by atoms with van der Waals surface area (Å²) in [5.41, 5.74) is 0.0377. The predicted octanol–water partition coefficient (Wildman–Crippen LogP) is 1.80. The third kappa shape index (κ3) is 1.51. The Balaban J connectivity index is 2.84. The number of carboxylic acid groups (broad SMARTS) is 1. The van der Waals surface area contributed by atoms with E-state index >= 15 is 0 Å². The molecule has 4 nitrogen and oxygen atoms in total. The molecule has 15 heavy (non-hydrogen) atoms. The van der Waals surface area contributed by atoms with E-state index in [1.165, 1.54) is 6.07 Å². The summed E-state index contributed by atoms with van der Waals surface area (Å²) in [5, 5.41) is 19.0. The van der Waals surface area contributed by atoms with Crippen LogP contribution < -0.4 is 0 Å². The van der Waals surface area contributed by atoms with Gasteiger partial charge in [-0.1, -0.05) is 24.3 Å². The number of nitriles is 1. The lowest BCUT2D eigenvalue weighted by Crippen LogP contribution is -2.02. The Morgan fingerprint density at radius 2 is 2.13 bits per heavy atom. The van der Waals surface area contributed by atoms with Crippen molar-refractivity contribution in [1.29, 1.82) is 5.26 Å². The number of pyridine rings is 1. The van der Waals surface area contributed by atoms with Crippen molar-refractivity contribution in [2.75, 3.05) is 0 Å². The molecule has 0 aliphatic rings. The molecule has 72 valence electrons. The van der Waals surface area contributed by atoms with E-state index in [-0.39, 0.29) is 11.4 Å². The second kappa shape index (κ2) is 3.39. The molecule has 0 saturated heterocycles. The van der Waals surface area contributed by atoms with E-state index in [1.54, 1.807) is 24.3 Å². The molecule has 1 aromatic heterocycles. The highest BCUT2D eigenvalue weighted by molar-refractivity contribution is 5.94. The number of carboxylic acids is 1. The second-order valence-electron chi connectivity index (χ2n) is 2.99. The summed E-state index contributed by atoms with van der Waals surface area (Å²) < 4.78 is 0. The highest BCUT2D eigenvalue weighted by atomic mass is 16.4. The summed E-state index contributed by atoms with van der Waals surface area (Å²) in [6.45, 7) is 0. The van der Waals surface area contributed by atoms with E-state index in [2.05, 4.69) is 4.98 Å². The van der Waals surface area contributed by atoms with E-state index in [0.717, 1.165) is 0 Å². The van der Waals surface area contributed by atoms with E-state index < -0.39 is 5.97 Å². The van der Waals surface area contributed by atoms with Gasteiger partial charge in [-0.25, -0.2) is 9.78 Å². The molecule has 0 amide bonds. The average Bonchev–Trinajstić information content (AvgIpc) is 2.27. The van der Waals surface area contributed by atoms with Gasteiger partial charge < -0.3 is 5.11 Å². The topological polar surface area (TPSA) is 74.0 Å². The molecule has 2 aromatic rings. The molecule has 2 rings (SSSR count). The van der Waals surface area contributed by atoms with Gasteiger partial charge in [-0.05, 0) is 11.5 Å². The Bertz CT molecular complexity index is 585. The largest absolute Gasteiger partial charge is 0.477 e. The number of aromatic nitrogens is 1. The fourth-order valence-electron chi connectivity index (χ4n) is 1.39. The fraction of sp³-hybridized carbons (Fsp3) is 0. The van der Waals surface area contributed by atoms with Crippen molar-refractivity contribution in [2.24, 2.45) is 0 Å². The molecule has 4 heteroatoms. The quantitative estimate of drug-likeness (QED) is 0.758. The summed E-state index contributed by atoms with van der Waals surface area (Å²) >= 11 is 0. The van der Waals surface area contributed by atoms with Gasteiger partial charge in [-0.3, -0.25) is 0 Å². The molecule has 0 saturated carbocycles. The summed E-state index contributed by atoms with van der Waals surface area (Å²) in [5.74, 6) is -1.13. The maximum Gasteiger partial charge on any atom is 0.354 e. The van der Waals surface area contributed by atoms with Crippen LogP contribution in [0.2, 0.25) is 0 Å². The van der Waals surface area contributed by atoms with Gasteiger partial charge in [-0.15, -0.1) is 0 Å². The van der Waals surface area contributed by atoms with Crippen molar-refractivity contribution in [3.63, 3.8) is 0 Å². The molecule has 0 aliphatic heterocycles. The number of carbonyl (C=O) groups is 1. The van der Waals surface area contributed by atoms with Crippen molar-refractivity contribution in [2.45, 2.75) is 0 Å². The summed E-state index contributed by atoms with van der Waals surface area (Å²) in [7, 11) is 0. The third-order valence-corrected chi connectivity index (χ3v) is 2.07. The maximum atomic E-state index is 10.7. The molecule has 1 heterocycles. The van der Waals surface area contributed by atoms with Crippen LogP contribution in [0.25, 0.3) is 10.8 Å². The minimum absolute atomic E-state index is 0.106. The number of rotatable bonds is 1. The van der Waals surface area contributed by atoms with E-state index in [1.807, 2.05) is 6.07 Å². The first kappa shape index (κ1) is 9.16. The second-order valence-corrected chi connectivity index (χ2v) is 2.99.